The molecule has 3 atom stereocenters. The van der Waals surface area contributed by atoms with Crippen LogP contribution in [-0.2, 0) is 34.2 Å². The predicted molar refractivity (Wildman–Crippen MR) is 124 cm³/mol. The van der Waals surface area contributed by atoms with Crippen LogP contribution in [0, 0.1) is 0 Å². The maximum Gasteiger partial charge on any atom is 0.255 e. The largest absolute Gasteiger partial charge is 0.322 e. The van der Waals surface area contributed by atoms with Crippen LogP contribution < -0.4 is 10.0 Å². The molecule has 1 aromatic heterocycles. The lowest BCUT2D eigenvalue weighted by Gasteiger charge is -2.29. The Hall–Kier alpha value is -2.85. The molecule has 9 nitrogen and oxygen atoms in total. The quantitative estimate of drug-likeness (QED) is 0.647. The van der Waals surface area contributed by atoms with Gasteiger partial charge >= 0.3 is 0 Å². The number of aryl methyl sites for hydroxylation is 1. The van der Waals surface area contributed by atoms with Crippen molar-refractivity contribution in [1.29, 1.82) is 0 Å². The molecule has 0 bridgehead atoms. The second-order valence-electron chi connectivity index (χ2n) is 9.53. The van der Waals surface area contributed by atoms with Crippen LogP contribution in [0.25, 0.3) is 11.3 Å². The summed E-state index contributed by atoms with van der Waals surface area (Å²) in [4.78, 5) is 38.5. The number of hydrogen-bond acceptors (Lipinski definition) is 5. The number of amides is 3. The predicted octanol–water partition coefficient (Wildman–Crippen LogP) is 1.96. The number of aromatic nitrogens is 2. The number of carbonyl (C=O) groups excluding carboxylic acids is 3. The Morgan fingerprint density at radius 1 is 1.21 bits per heavy atom. The SMILES string of the molecule is C[C@@H](N[S@](=O)C(C)(C)C)c1cc(-c2cccc3c2CN(C2CCC(=O)NC2=O)C3=O)nn1C. The summed E-state index contributed by atoms with van der Waals surface area (Å²) in [5, 5.41) is 6.99. The van der Waals surface area contributed by atoms with Crippen LogP contribution in [0.3, 0.4) is 0 Å². The van der Waals surface area contributed by atoms with Crippen molar-refractivity contribution in [2.24, 2.45) is 7.05 Å². The first-order valence-electron chi connectivity index (χ1n) is 11.0. The van der Waals surface area contributed by atoms with E-state index in [9.17, 15) is 18.6 Å². The molecule has 1 unspecified atom stereocenters. The molecule has 2 aromatic rings. The van der Waals surface area contributed by atoms with Crippen molar-refractivity contribution in [1.82, 2.24) is 24.7 Å². The van der Waals surface area contributed by atoms with E-state index in [1.165, 1.54) is 4.90 Å². The van der Waals surface area contributed by atoms with Crippen molar-refractivity contribution in [3.63, 3.8) is 0 Å². The van der Waals surface area contributed by atoms with Gasteiger partial charge in [0.25, 0.3) is 5.91 Å². The van der Waals surface area contributed by atoms with E-state index in [0.717, 1.165) is 16.8 Å². The van der Waals surface area contributed by atoms with Gasteiger partial charge in [-0.15, -0.1) is 0 Å². The third-order valence-electron chi connectivity index (χ3n) is 6.06. The Labute approximate surface area is 195 Å². The average Bonchev–Trinajstić information content (AvgIpc) is 3.28. The fourth-order valence-corrected chi connectivity index (χ4v) is 5.04. The van der Waals surface area contributed by atoms with Crippen LogP contribution in [0.1, 0.15) is 68.2 Å². The number of nitrogens with zero attached hydrogens (tertiary/aromatic N) is 3. The van der Waals surface area contributed by atoms with E-state index in [1.54, 1.807) is 10.7 Å². The number of imide groups is 1. The molecule has 0 saturated carbocycles. The van der Waals surface area contributed by atoms with E-state index in [-0.39, 0.29) is 30.8 Å². The van der Waals surface area contributed by atoms with E-state index >= 15 is 0 Å². The highest BCUT2D eigenvalue weighted by Gasteiger charge is 2.40. The number of piperidine rings is 1. The van der Waals surface area contributed by atoms with Gasteiger partial charge in [0.1, 0.15) is 6.04 Å². The first kappa shape index (κ1) is 23.3. The normalized spacial score (nSPS) is 20.6. The lowest BCUT2D eigenvalue weighted by atomic mass is 10.0. The number of hydrogen-bond donors (Lipinski definition) is 2. The van der Waals surface area contributed by atoms with Gasteiger partial charge in [0.2, 0.25) is 11.8 Å². The summed E-state index contributed by atoms with van der Waals surface area (Å²) in [6, 6.07) is 6.56. The van der Waals surface area contributed by atoms with Gasteiger partial charge in [-0.05, 0) is 51.8 Å². The van der Waals surface area contributed by atoms with E-state index in [1.807, 2.05) is 52.9 Å². The highest BCUT2D eigenvalue weighted by molar-refractivity contribution is 7.84. The number of rotatable bonds is 5. The van der Waals surface area contributed by atoms with Gasteiger partial charge in [-0.1, -0.05) is 12.1 Å². The third kappa shape index (κ3) is 4.37. The van der Waals surface area contributed by atoms with Crippen molar-refractivity contribution >= 4 is 28.7 Å². The van der Waals surface area contributed by atoms with E-state index < -0.39 is 27.7 Å². The maximum absolute atomic E-state index is 13.1. The Balaban J connectivity index is 1.62. The smallest absolute Gasteiger partial charge is 0.255 e. The Morgan fingerprint density at radius 3 is 2.58 bits per heavy atom. The summed E-state index contributed by atoms with van der Waals surface area (Å²) in [6.07, 6.45) is 0.537. The lowest BCUT2D eigenvalue weighted by molar-refractivity contribution is -0.136. The van der Waals surface area contributed by atoms with Gasteiger partial charge in [0.15, 0.2) is 0 Å². The van der Waals surface area contributed by atoms with Gasteiger partial charge in [-0.2, -0.15) is 5.10 Å². The van der Waals surface area contributed by atoms with Crippen LogP contribution in [0.2, 0.25) is 0 Å². The molecule has 1 aromatic carbocycles. The number of nitrogens with one attached hydrogen (secondary N) is 2. The van der Waals surface area contributed by atoms with Gasteiger partial charge in [-0.25, -0.2) is 8.93 Å². The highest BCUT2D eigenvalue weighted by Crippen LogP contribution is 2.35. The van der Waals surface area contributed by atoms with Crippen molar-refractivity contribution in [2.75, 3.05) is 0 Å². The highest BCUT2D eigenvalue weighted by atomic mass is 32.2. The topological polar surface area (TPSA) is 113 Å². The molecule has 0 radical (unpaired) electrons. The second kappa shape index (κ2) is 8.49. The van der Waals surface area contributed by atoms with Crippen molar-refractivity contribution in [2.45, 2.75) is 63.9 Å². The first-order chi connectivity index (χ1) is 15.5. The summed E-state index contributed by atoms with van der Waals surface area (Å²) in [7, 11) is 0.600. The van der Waals surface area contributed by atoms with Crippen LogP contribution in [-0.4, -0.2) is 47.4 Å². The third-order valence-corrected chi connectivity index (χ3v) is 7.74. The fourth-order valence-electron chi connectivity index (χ4n) is 4.24. The van der Waals surface area contributed by atoms with E-state index in [2.05, 4.69) is 15.1 Å². The van der Waals surface area contributed by atoms with Crippen LogP contribution in [0.15, 0.2) is 24.3 Å². The Morgan fingerprint density at radius 2 is 1.91 bits per heavy atom. The van der Waals surface area contributed by atoms with Crippen LogP contribution in [0.5, 0.6) is 0 Å². The summed E-state index contributed by atoms with van der Waals surface area (Å²) >= 11 is 0. The molecule has 3 amide bonds. The van der Waals surface area contributed by atoms with Gasteiger partial charge in [-0.3, -0.25) is 24.4 Å². The van der Waals surface area contributed by atoms with Gasteiger partial charge < -0.3 is 4.90 Å². The van der Waals surface area contributed by atoms with E-state index in [0.29, 0.717) is 17.7 Å². The lowest BCUT2D eigenvalue weighted by Crippen LogP contribution is -2.52. The molecular formula is C23H29N5O4S. The van der Waals surface area contributed by atoms with Crippen molar-refractivity contribution in [3.05, 3.63) is 41.1 Å². The fraction of sp³-hybridized carbons (Fsp3) is 0.478. The Bertz CT molecular complexity index is 1170. The van der Waals surface area contributed by atoms with Gasteiger partial charge in [0, 0.05) is 31.1 Å². The van der Waals surface area contributed by atoms with Crippen molar-refractivity contribution < 1.29 is 18.6 Å². The standard InChI is InChI=1S/C23H29N5O4S/c1-13(26-33(32)23(2,3)4)19-11-17(25-27(19)5)14-7-6-8-15-16(14)12-28(22(15)31)18-9-10-20(29)24-21(18)30/h6-8,11,13,18,26H,9-10,12H2,1-5H3,(H,24,29,30)/t13-,18?,33-/m1/s1. The molecule has 176 valence electrons. The monoisotopic (exact) mass is 471 g/mol. The Kier molecular flexibility index (Phi) is 6.00. The molecule has 4 rings (SSSR count). The minimum Gasteiger partial charge on any atom is -0.322 e. The second-order valence-corrected chi connectivity index (χ2v) is 11.5. The summed E-state index contributed by atoms with van der Waals surface area (Å²) < 4.78 is 17.0. The molecule has 0 aliphatic carbocycles. The number of fused-ring (bicyclic) bond motifs is 1. The molecule has 0 spiro atoms. The van der Waals surface area contributed by atoms with Gasteiger partial charge in [0.05, 0.1) is 33.2 Å². The minimum absolute atomic E-state index is 0.199. The molecule has 10 heteroatoms. The molecular weight excluding hydrogens is 442 g/mol. The summed E-state index contributed by atoms with van der Waals surface area (Å²) in [5.74, 6) is -0.953. The molecule has 2 N–H and O–H groups in total. The molecule has 1 fully saturated rings. The van der Waals surface area contributed by atoms with E-state index in [4.69, 9.17) is 0 Å². The van der Waals surface area contributed by atoms with Crippen LogP contribution >= 0.6 is 0 Å². The zero-order valence-electron chi connectivity index (χ0n) is 19.5. The summed E-state index contributed by atoms with van der Waals surface area (Å²) in [6.45, 7) is 7.96. The first-order valence-corrected chi connectivity index (χ1v) is 12.1. The molecule has 3 heterocycles. The zero-order chi connectivity index (χ0) is 24.1. The zero-order valence-corrected chi connectivity index (χ0v) is 20.3. The molecule has 2 aliphatic rings. The molecule has 2 aliphatic heterocycles. The summed E-state index contributed by atoms with van der Waals surface area (Å²) in [5.41, 5.74) is 3.76. The minimum atomic E-state index is -1.23. The number of benzene rings is 1. The number of carbonyl (C=O) groups is 3. The van der Waals surface area contributed by atoms with Crippen molar-refractivity contribution in [3.8, 4) is 11.3 Å². The van der Waals surface area contributed by atoms with Crippen LogP contribution in [0.4, 0.5) is 0 Å². The molecule has 1 saturated heterocycles. The maximum atomic E-state index is 13.1. The molecule has 33 heavy (non-hydrogen) atoms. The average molecular weight is 472 g/mol.